The highest BCUT2D eigenvalue weighted by Gasteiger charge is 2.23. The fourth-order valence-electron chi connectivity index (χ4n) is 6.95. The molecule has 2 aromatic carbocycles. The Kier molecular flexibility index (Phi) is 9.80. The summed E-state index contributed by atoms with van der Waals surface area (Å²) in [7, 11) is 3.99. The van der Waals surface area contributed by atoms with Gasteiger partial charge in [-0.3, -0.25) is 24.6 Å². The van der Waals surface area contributed by atoms with E-state index in [4.69, 9.17) is 4.98 Å². The largest absolute Gasteiger partial charge is 0.343 e. The van der Waals surface area contributed by atoms with Crippen LogP contribution in [0.2, 0.25) is 0 Å². The van der Waals surface area contributed by atoms with E-state index in [0.717, 1.165) is 81.7 Å². The van der Waals surface area contributed by atoms with E-state index in [2.05, 4.69) is 22.2 Å². The summed E-state index contributed by atoms with van der Waals surface area (Å²) >= 11 is 0. The van der Waals surface area contributed by atoms with Gasteiger partial charge in [0, 0.05) is 83.5 Å². The molecule has 3 amide bonds. The third-order valence-corrected chi connectivity index (χ3v) is 9.86. The molecule has 1 aromatic heterocycles. The molecule has 3 aromatic rings. The normalized spacial score (nSPS) is 18.3. The maximum atomic E-state index is 13.4. The van der Waals surface area contributed by atoms with E-state index >= 15 is 0 Å². The van der Waals surface area contributed by atoms with Crippen LogP contribution in [0.25, 0.3) is 11.0 Å². The molecule has 1 saturated carbocycles. The van der Waals surface area contributed by atoms with Crippen LogP contribution in [0, 0.1) is 5.92 Å². The Morgan fingerprint density at radius 2 is 1.71 bits per heavy atom. The summed E-state index contributed by atoms with van der Waals surface area (Å²) in [5.41, 5.74) is 4.19. The highest BCUT2D eigenvalue weighted by Crippen LogP contribution is 2.30. The minimum atomic E-state index is -0.212. The second kappa shape index (κ2) is 14.1. The molecule has 3 heterocycles. The molecule has 10 nitrogen and oxygen atoms in total. The molecule has 0 bridgehead atoms. The highest BCUT2D eigenvalue weighted by molar-refractivity contribution is 6.04. The van der Waals surface area contributed by atoms with Crippen molar-refractivity contribution in [2.45, 2.75) is 64.5 Å². The molecule has 6 rings (SSSR count). The van der Waals surface area contributed by atoms with Crippen LogP contribution in [0.3, 0.4) is 0 Å². The van der Waals surface area contributed by atoms with Crippen LogP contribution in [-0.4, -0.2) is 95.3 Å². The summed E-state index contributed by atoms with van der Waals surface area (Å²) in [6, 6.07) is 13.7. The first kappa shape index (κ1) is 31.2. The molecule has 45 heavy (non-hydrogen) atoms. The minimum Gasteiger partial charge on any atom is -0.343 e. The van der Waals surface area contributed by atoms with E-state index in [0.29, 0.717) is 43.4 Å². The Balaban J connectivity index is 1.18. The maximum Gasteiger partial charge on any atom is 0.257 e. The van der Waals surface area contributed by atoms with Crippen molar-refractivity contribution in [1.29, 1.82) is 0 Å². The molecule has 3 fully saturated rings. The number of hydrogen-bond donors (Lipinski definition) is 1. The summed E-state index contributed by atoms with van der Waals surface area (Å²) in [5.74, 6) is 1.08. The monoisotopic (exact) mass is 613 g/mol. The number of nitrogens with zero attached hydrogens (tertiary/aromatic N) is 6. The number of benzene rings is 2. The van der Waals surface area contributed by atoms with Crippen molar-refractivity contribution >= 4 is 40.4 Å². The first-order valence-corrected chi connectivity index (χ1v) is 16.7. The Bertz CT molecular complexity index is 1500. The van der Waals surface area contributed by atoms with E-state index in [1.165, 1.54) is 18.4 Å². The summed E-state index contributed by atoms with van der Waals surface area (Å²) in [6.07, 6.45) is 7.56. The topological polar surface area (TPSA) is 94.0 Å². The lowest BCUT2D eigenvalue weighted by molar-refractivity contribution is -0.127. The van der Waals surface area contributed by atoms with Gasteiger partial charge < -0.3 is 19.3 Å². The van der Waals surface area contributed by atoms with Gasteiger partial charge in [-0.2, -0.15) is 0 Å². The Hall–Kier alpha value is -3.76. The quantitative estimate of drug-likeness (QED) is 0.340. The number of carbonyl (C=O) groups is 3. The summed E-state index contributed by atoms with van der Waals surface area (Å²) in [6.45, 7) is 7.22. The van der Waals surface area contributed by atoms with Gasteiger partial charge in [0.25, 0.3) is 5.91 Å². The van der Waals surface area contributed by atoms with E-state index in [9.17, 15) is 14.4 Å². The van der Waals surface area contributed by atoms with Crippen molar-refractivity contribution in [2.75, 3.05) is 63.6 Å². The van der Waals surface area contributed by atoms with Crippen LogP contribution in [0.15, 0.2) is 42.5 Å². The molecule has 3 aliphatic rings. The zero-order valence-corrected chi connectivity index (χ0v) is 26.8. The number of likely N-dealkylation sites (tertiary alicyclic amines) is 1. The maximum absolute atomic E-state index is 13.4. The van der Waals surface area contributed by atoms with Gasteiger partial charge in [-0.05, 0) is 74.5 Å². The number of rotatable bonds is 11. The van der Waals surface area contributed by atoms with E-state index < -0.39 is 0 Å². The molecule has 10 heteroatoms. The van der Waals surface area contributed by atoms with Crippen LogP contribution < -0.4 is 10.2 Å². The van der Waals surface area contributed by atoms with Crippen molar-refractivity contribution in [3.05, 3.63) is 53.6 Å². The lowest BCUT2D eigenvalue weighted by Crippen LogP contribution is -2.43. The number of fused-ring (bicyclic) bond motifs is 1. The summed E-state index contributed by atoms with van der Waals surface area (Å²) in [4.78, 5) is 52.0. The number of hydrogen-bond acceptors (Lipinski definition) is 6. The van der Waals surface area contributed by atoms with Crippen molar-refractivity contribution in [1.82, 2.24) is 24.3 Å². The Morgan fingerprint density at radius 1 is 0.956 bits per heavy atom. The number of likely N-dealkylation sites (N-methyl/N-ethyl adjacent to an activating group) is 1. The van der Waals surface area contributed by atoms with E-state index in [1.54, 1.807) is 4.90 Å². The van der Waals surface area contributed by atoms with Gasteiger partial charge in [-0.1, -0.05) is 25.0 Å². The van der Waals surface area contributed by atoms with Gasteiger partial charge in [0.15, 0.2) is 0 Å². The zero-order valence-electron chi connectivity index (χ0n) is 26.8. The van der Waals surface area contributed by atoms with Crippen LogP contribution in [0.1, 0.15) is 67.3 Å². The van der Waals surface area contributed by atoms with Crippen molar-refractivity contribution < 1.29 is 14.4 Å². The standard InChI is InChI=1S/C35H47N7O3/c1-38-19-21-40(22-20-38)25-27-10-12-28(13-11-27)34(45)37-35-36-30-24-29(39(2)33(44)23-26-7-3-4-8-26)14-15-31(30)42(35)18-6-17-41-16-5-9-32(41)43/h10-15,24,26H,3-9,16-23,25H2,1-2H3,(H,36,37,45). The first-order valence-electron chi connectivity index (χ1n) is 16.7. The fraction of sp³-hybridized carbons (Fsp3) is 0.543. The predicted molar refractivity (Wildman–Crippen MR) is 177 cm³/mol. The number of anilines is 2. The molecule has 0 spiro atoms. The van der Waals surface area contributed by atoms with Crippen LogP contribution in [-0.2, 0) is 22.7 Å². The number of piperazine rings is 1. The van der Waals surface area contributed by atoms with Gasteiger partial charge in [0.2, 0.25) is 17.8 Å². The van der Waals surface area contributed by atoms with Gasteiger partial charge >= 0.3 is 0 Å². The number of aryl methyl sites for hydroxylation is 1. The second-order valence-electron chi connectivity index (χ2n) is 13.1. The van der Waals surface area contributed by atoms with Crippen molar-refractivity contribution in [3.63, 3.8) is 0 Å². The number of amides is 3. The second-order valence-corrected chi connectivity index (χ2v) is 13.1. The van der Waals surface area contributed by atoms with Crippen molar-refractivity contribution in [3.8, 4) is 0 Å². The van der Waals surface area contributed by atoms with Crippen LogP contribution in [0.4, 0.5) is 11.6 Å². The molecule has 2 saturated heterocycles. The molecule has 0 radical (unpaired) electrons. The molecule has 1 N–H and O–H groups in total. The summed E-state index contributed by atoms with van der Waals surface area (Å²) in [5, 5.41) is 3.06. The smallest absolute Gasteiger partial charge is 0.257 e. The number of aromatic nitrogens is 2. The van der Waals surface area contributed by atoms with Crippen molar-refractivity contribution in [2.24, 2.45) is 5.92 Å². The molecule has 1 aliphatic carbocycles. The van der Waals surface area contributed by atoms with E-state index in [1.807, 2.05) is 59.0 Å². The molecular formula is C35H47N7O3. The number of imidazole rings is 1. The van der Waals surface area contributed by atoms with E-state index in [-0.39, 0.29) is 17.7 Å². The third kappa shape index (κ3) is 7.56. The zero-order chi connectivity index (χ0) is 31.3. The van der Waals surface area contributed by atoms with Gasteiger partial charge in [-0.15, -0.1) is 0 Å². The number of carbonyl (C=O) groups excluding carboxylic acids is 3. The summed E-state index contributed by atoms with van der Waals surface area (Å²) < 4.78 is 2.03. The minimum absolute atomic E-state index is 0.126. The first-order chi connectivity index (χ1) is 21.8. The third-order valence-electron chi connectivity index (χ3n) is 9.86. The average Bonchev–Trinajstić information content (AvgIpc) is 3.79. The van der Waals surface area contributed by atoms with Gasteiger partial charge in [0.1, 0.15) is 0 Å². The molecule has 0 atom stereocenters. The van der Waals surface area contributed by atoms with Crippen LogP contribution in [0.5, 0.6) is 0 Å². The highest BCUT2D eigenvalue weighted by atomic mass is 16.2. The fourth-order valence-corrected chi connectivity index (χ4v) is 6.95. The molecule has 2 aliphatic heterocycles. The molecule has 0 unspecified atom stereocenters. The predicted octanol–water partition coefficient (Wildman–Crippen LogP) is 4.59. The Morgan fingerprint density at radius 3 is 2.42 bits per heavy atom. The molecule has 240 valence electrons. The Labute approximate surface area is 266 Å². The lowest BCUT2D eigenvalue weighted by atomic mass is 10.0. The van der Waals surface area contributed by atoms with Gasteiger partial charge in [0.05, 0.1) is 11.0 Å². The van der Waals surface area contributed by atoms with Crippen LogP contribution >= 0.6 is 0 Å². The van der Waals surface area contributed by atoms with Gasteiger partial charge in [-0.25, -0.2) is 4.98 Å². The average molecular weight is 614 g/mol. The molecular weight excluding hydrogens is 566 g/mol. The SMILES string of the molecule is CN1CCN(Cc2ccc(C(=O)Nc3nc4cc(N(C)C(=O)CC5CCCC5)ccc4n3CCCN3CCCC3=O)cc2)CC1. The number of nitrogens with one attached hydrogen (secondary N) is 1. The lowest BCUT2D eigenvalue weighted by Gasteiger charge is -2.32.